The van der Waals surface area contributed by atoms with Gasteiger partial charge in [-0.25, -0.2) is 0 Å². The number of hydrogen-bond donors (Lipinski definition) is 1. The Morgan fingerprint density at radius 2 is 2.16 bits per heavy atom. The van der Waals surface area contributed by atoms with Crippen molar-refractivity contribution in [1.82, 2.24) is 0 Å². The van der Waals surface area contributed by atoms with Gasteiger partial charge in [0.15, 0.2) is 0 Å². The van der Waals surface area contributed by atoms with Crippen molar-refractivity contribution in [2.75, 3.05) is 36.9 Å². The van der Waals surface area contributed by atoms with Crippen LogP contribution in [0.1, 0.15) is 25.8 Å². The highest BCUT2D eigenvalue weighted by Gasteiger charge is 2.17. The van der Waals surface area contributed by atoms with E-state index in [9.17, 15) is 0 Å². The molecule has 1 aliphatic rings. The molecule has 2 rings (SSSR count). The van der Waals surface area contributed by atoms with Gasteiger partial charge < -0.3 is 15.4 Å². The summed E-state index contributed by atoms with van der Waals surface area (Å²) in [7, 11) is 0. The minimum atomic E-state index is 0. The molecule has 0 unspecified atom stereocenters. The van der Waals surface area contributed by atoms with Crippen molar-refractivity contribution in [3.8, 4) is 0 Å². The van der Waals surface area contributed by atoms with Crippen molar-refractivity contribution >= 4 is 23.8 Å². The molecule has 1 aromatic carbocycles. The fourth-order valence-corrected chi connectivity index (χ4v) is 2.45. The van der Waals surface area contributed by atoms with Gasteiger partial charge in [-0.05, 0) is 36.5 Å². The highest BCUT2D eigenvalue weighted by atomic mass is 35.5. The summed E-state index contributed by atoms with van der Waals surface area (Å²) in [5.74, 6) is 0.606. The summed E-state index contributed by atoms with van der Waals surface area (Å²) in [6, 6.07) is 6.21. The molecular weight excluding hydrogens is 260 g/mol. The normalized spacial score (nSPS) is 14.2. The number of anilines is 2. The first-order chi connectivity index (χ1) is 8.68. The van der Waals surface area contributed by atoms with Crippen LogP contribution in [0.5, 0.6) is 0 Å². The highest BCUT2D eigenvalue weighted by Crippen LogP contribution is 2.30. The number of nitrogens with zero attached hydrogens (tertiary/aromatic N) is 1. The first-order valence-corrected chi connectivity index (χ1v) is 6.88. The molecule has 0 aliphatic carbocycles. The van der Waals surface area contributed by atoms with Crippen molar-refractivity contribution in [3.05, 3.63) is 23.8 Å². The molecule has 19 heavy (non-hydrogen) atoms. The molecule has 1 aromatic rings. The number of nitrogen functional groups attached to an aromatic ring is 1. The molecule has 0 saturated carbocycles. The lowest BCUT2D eigenvalue weighted by molar-refractivity contribution is 0.115. The summed E-state index contributed by atoms with van der Waals surface area (Å²) in [4.78, 5) is 2.40. The zero-order chi connectivity index (χ0) is 13.0. The van der Waals surface area contributed by atoms with Crippen molar-refractivity contribution in [3.63, 3.8) is 0 Å². The third-order valence-electron chi connectivity index (χ3n) is 3.34. The molecule has 0 atom stereocenters. The summed E-state index contributed by atoms with van der Waals surface area (Å²) < 4.78 is 5.67. The Bertz CT molecular complexity index is 396. The maximum absolute atomic E-state index is 6.04. The predicted molar refractivity (Wildman–Crippen MR) is 84.3 cm³/mol. The van der Waals surface area contributed by atoms with Crippen LogP contribution in [0.3, 0.4) is 0 Å². The Morgan fingerprint density at radius 3 is 2.89 bits per heavy atom. The average Bonchev–Trinajstić information content (AvgIpc) is 2.35. The van der Waals surface area contributed by atoms with Crippen LogP contribution in [0, 0.1) is 5.92 Å². The standard InChI is InChI=1S/C15H24N2O.ClH/c1-12(2)11-18-10-9-17-8-4-5-13-14(16)6-3-7-15(13)17;/h3,6-7,12H,4-5,8-11,16H2,1-2H3;1H. The Hall–Kier alpha value is -0.930. The van der Waals surface area contributed by atoms with Gasteiger partial charge in [0, 0.05) is 31.1 Å². The number of benzene rings is 1. The van der Waals surface area contributed by atoms with Crippen molar-refractivity contribution < 1.29 is 4.74 Å². The molecule has 0 bridgehead atoms. The quantitative estimate of drug-likeness (QED) is 0.667. The third-order valence-corrected chi connectivity index (χ3v) is 3.34. The van der Waals surface area contributed by atoms with E-state index in [0.29, 0.717) is 5.92 Å². The van der Waals surface area contributed by atoms with Gasteiger partial charge in [0.05, 0.1) is 6.61 Å². The lowest BCUT2D eigenvalue weighted by Gasteiger charge is -2.32. The van der Waals surface area contributed by atoms with E-state index >= 15 is 0 Å². The van der Waals surface area contributed by atoms with Crippen LogP contribution < -0.4 is 10.6 Å². The van der Waals surface area contributed by atoms with E-state index in [1.54, 1.807) is 0 Å². The number of ether oxygens (including phenoxy) is 1. The highest BCUT2D eigenvalue weighted by molar-refractivity contribution is 5.85. The lowest BCUT2D eigenvalue weighted by atomic mass is 10.00. The SMILES string of the molecule is CC(C)COCCN1CCCc2c(N)cccc21.Cl. The summed E-state index contributed by atoms with van der Waals surface area (Å²) in [5, 5.41) is 0. The second-order valence-electron chi connectivity index (χ2n) is 5.40. The number of nitrogens with two attached hydrogens (primary N) is 1. The number of halogens is 1. The molecule has 3 nitrogen and oxygen atoms in total. The number of hydrogen-bond acceptors (Lipinski definition) is 3. The van der Waals surface area contributed by atoms with Gasteiger partial charge in [0.2, 0.25) is 0 Å². The van der Waals surface area contributed by atoms with Crippen LogP contribution in [-0.2, 0) is 11.2 Å². The summed E-state index contributed by atoms with van der Waals surface area (Å²) >= 11 is 0. The molecule has 0 radical (unpaired) electrons. The Balaban J connectivity index is 0.00000180. The van der Waals surface area contributed by atoms with Gasteiger partial charge in [-0.2, -0.15) is 0 Å². The zero-order valence-corrected chi connectivity index (χ0v) is 12.7. The first-order valence-electron chi connectivity index (χ1n) is 6.88. The van der Waals surface area contributed by atoms with Crippen LogP contribution in [-0.4, -0.2) is 26.3 Å². The van der Waals surface area contributed by atoms with Crippen molar-refractivity contribution in [1.29, 1.82) is 0 Å². The topological polar surface area (TPSA) is 38.5 Å². The minimum absolute atomic E-state index is 0. The lowest BCUT2D eigenvalue weighted by Crippen LogP contribution is -2.33. The first kappa shape index (κ1) is 16.1. The predicted octanol–water partition coefficient (Wildman–Crippen LogP) is 3.12. The molecule has 0 spiro atoms. The monoisotopic (exact) mass is 284 g/mol. The van der Waals surface area contributed by atoms with Gasteiger partial charge in [0.1, 0.15) is 0 Å². The molecule has 4 heteroatoms. The fourth-order valence-electron chi connectivity index (χ4n) is 2.45. The molecule has 0 aromatic heterocycles. The van der Waals surface area contributed by atoms with Crippen LogP contribution in [0.15, 0.2) is 18.2 Å². The molecule has 2 N–H and O–H groups in total. The maximum atomic E-state index is 6.04. The van der Waals surface area contributed by atoms with E-state index in [-0.39, 0.29) is 12.4 Å². The van der Waals surface area contributed by atoms with Gasteiger partial charge in [-0.1, -0.05) is 19.9 Å². The second-order valence-corrected chi connectivity index (χ2v) is 5.40. The van der Waals surface area contributed by atoms with Crippen molar-refractivity contribution in [2.45, 2.75) is 26.7 Å². The Labute approximate surface area is 122 Å². The van der Waals surface area contributed by atoms with Crippen LogP contribution in [0.2, 0.25) is 0 Å². The van der Waals surface area contributed by atoms with Gasteiger partial charge in [0.25, 0.3) is 0 Å². The minimum Gasteiger partial charge on any atom is -0.398 e. The van der Waals surface area contributed by atoms with E-state index in [4.69, 9.17) is 10.5 Å². The fraction of sp³-hybridized carbons (Fsp3) is 0.600. The van der Waals surface area contributed by atoms with Crippen LogP contribution in [0.25, 0.3) is 0 Å². The van der Waals surface area contributed by atoms with Gasteiger partial charge >= 0.3 is 0 Å². The van der Waals surface area contributed by atoms with Crippen molar-refractivity contribution in [2.24, 2.45) is 5.92 Å². The summed E-state index contributed by atoms with van der Waals surface area (Å²) in [6.07, 6.45) is 2.29. The second kappa shape index (κ2) is 7.61. The zero-order valence-electron chi connectivity index (χ0n) is 11.9. The van der Waals surface area contributed by atoms with Gasteiger partial charge in [-0.15, -0.1) is 12.4 Å². The third kappa shape index (κ3) is 4.29. The van der Waals surface area contributed by atoms with E-state index in [1.165, 1.54) is 17.7 Å². The molecule has 0 amide bonds. The molecule has 0 fully saturated rings. The van der Waals surface area contributed by atoms with E-state index in [2.05, 4.69) is 24.8 Å². The summed E-state index contributed by atoms with van der Waals surface area (Å²) in [5.41, 5.74) is 9.58. The van der Waals surface area contributed by atoms with E-state index < -0.39 is 0 Å². The maximum Gasteiger partial charge on any atom is 0.0641 e. The smallest absolute Gasteiger partial charge is 0.0641 e. The van der Waals surface area contributed by atoms with Gasteiger partial charge in [-0.3, -0.25) is 0 Å². The Kier molecular flexibility index (Phi) is 6.46. The average molecular weight is 285 g/mol. The molecule has 1 heterocycles. The Morgan fingerprint density at radius 1 is 1.37 bits per heavy atom. The van der Waals surface area contributed by atoms with E-state index in [0.717, 1.165) is 38.4 Å². The van der Waals surface area contributed by atoms with E-state index in [1.807, 2.05) is 12.1 Å². The molecular formula is C15H25ClN2O. The largest absolute Gasteiger partial charge is 0.398 e. The molecule has 1 aliphatic heterocycles. The number of fused-ring (bicyclic) bond motifs is 1. The number of rotatable bonds is 5. The summed E-state index contributed by atoms with van der Waals surface area (Å²) in [6.45, 7) is 8.07. The van der Waals surface area contributed by atoms with Crippen LogP contribution >= 0.6 is 12.4 Å². The molecule has 0 saturated heterocycles. The molecule has 108 valence electrons. The van der Waals surface area contributed by atoms with Crippen LogP contribution in [0.4, 0.5) is 11.4 Å².